The van der Waals surface area contributed by atoms with Crippen molar-refractivity contribution in [1.29, 1.82) is 5.26 Å². The molecule has 0 aliphatic carbocycles. The van der Waals surface area contributed by atoms with Crippen molar-refractivity contribution in [3.8, 4) is 28.5 Å². The molecule has 4 aromatic rings. The predicted octanol–water partition coefficient (Wildman–Crippen LogP) is 7.52. The minimum absolute atomic E-state index is 0.420. The van der Waals surface area contributed by atoms with Crippen LogP contribution in [0.15, 0.2) is 83.9 Å². The highest BCUT2D eigenvalue weighted by molar-refractivity contribution is 5.92. The Kier molecular flexibility index (Phi) is 6.75. The van der Waals surface area contributed by atoms with Gasteiger partial charge in [-0.25, -0.2) is 13.8 Å². The minimum atomic E-state index is -0.934. The van der Waals surface area contributed by atoms with Crippen LogP contribution < -0.4 is 0 Å². The van der Waals surface area contributed by atoms with Gasteiger partial charge in [-0.3, -0.25) is 0 Å². The van der Waals surface area contributed by atoms with Gasteiger partial charge in [-0.15, -0.1) is 0 Å². The number of unbranched alkanes of at least 4 members (excludes halogenated alkanes) is 1. The van der Waals surface area contributed by atoms with Gasteiger partial charge in [0.15, 0.2) is 17.5 Å². The van der Waals surface area contributed by atoms with Crippen molar-refractivity contribution in [2.45, 2.75) is 26.3 Å². The second-order valence-corrected chi connectivity index (χ2v) is 7.70. The Morgan fingerprint density at radius 1 is 0.909 bits per heavy atom. The van der Waals surface area contributed by atoms with Crippen molar-refractivity contribution in [2.24, 2.45) is 4.99 Å². The smallest absolute Gasteiger partial charge is 0.159 e. The standard InChI is InChI=1S/C28H23F2N3/c1-2-3-16-33-27(22-12-8-5-9-13-22)26(21-10-6-4-7-11-21)23(18-31)28(33)32-19-20-14-15-24(29)25(30)17-20/h4-15,17,19H,2-3,16H2,1H3. The molecule has 164 valence electrons. The Labute approximate surface area is 192 Å². The summed E-state index contributed by atoms with van der Waals surface area (Å²) >= 11 is 0. The molecule has 0 bridgehead atoms. The first kappa shape index (κ1) is 22.2. The van der Waals surface area contributed by atoms with Crippen LogP contribution in [0.5, 0.6) is 0 Å². The molecule has 0 saturated carbocycles. The number of aliphatic imine (C=N–C) groups is 1. The van der Waals surface area contributed by atoms with Crippen molar-refractivity contribution in [3.05, 3.63) is 102 Å². The number of benzene rings is 3. The van der Waals surface area contributed by atoms with E-state index in [0.717, 1.165) is 47.4 Å². The lowest BCUT2D eigenvalue weighted by molar-refractivity contribution is 0.508. The molecule has 0 saturated heterocycles. The number of aromatic nitrogens is 1. The predicted molar refractivity (Wildman–Crippen MR) is 129 cm³/mol. The maximum atomic E-state index is 13.7. The van der Waals surface area contributed by atoms with E-state index in [2.05, 4.69) is 22.6 Å². The summed E-state index contributed by atoms with van der Waals surface area (Å²) in [5.74, 6) is -1.34. The van der Waals surface area contributed by atoms with E-state index in [1.54, 1.807) is 0 Å². The van der Waals surface area contributed by atoms with E-state index in [4.69, 9.17) is 0 Å². The van der Waals surface area contributed by atoms with Gasteiger partial charge >= 0.3 is 0 Å². The monoisotopic (exact) mass is 439 g/mol. The van der Waals surface area contributed by atoms with E-state index in [1.807, 2.05) is 60.7 Å². The van der Waals surface area contributed by atoms with E-state index < -0.39 is 11.6 Å². The molecule has 0 spiro atoms. The topological polar surface area (TPSA) is 41.1 Å². The van der Waals surface area contributed by atoms with Crippen LogP contribution in [0, 0.1) is 23.0 Å². The van der Waals surface area contributed by atoms with E-state index in [1.165, 1.54) is 12.3 Å². The van der Waals surface area contributed by atoms with E-state index in [9.17, 15) is 14.0 Å². The maximum absolute atomic E-state index is 13.7. The van der Waals surface area contributed by atoms with Gasteiger partial charge in [-0.2, -0.15) is 5.26 Å². The van der Waals surface area contributed by atoms with E-state index >= 15 is 0 Å². The molecule has 5 heteroatoms. The molecule has 0 unspecified atom stereocenters. The number of halogens is 2. The van der Waals surface area contributed by atoms with Gasteiger partial charge in [0.2, 0.25) is 0 Å². The molecule has 0 N–H and O–H groups in total. The molecule has 4 rings (SSSR count). The molecule has 0 fully saturated rings. The fourth-order valence-corrected chi connectivity index (χ4v) is 3.89. The van der Waals surface area contributed by atoms with Crippen molar-refractivity contribution < 1.29 is 8.78 Å². The Morgan fingerprint density at radius 2 is 1.58 bits per heavy atom. The Bertz CT molecular complexity index is 1320. The second kappa shape index (κ2) is 10.1. The summed E-state index contributed by atoms with van der Waals surface area (Å²) in [7, 11) is 0. The molecule has 0 aliphatic rings. The van der Waals surface area contributed by atoms with Crippen molar-refractivity contribution in [1.82, 2.24) is 4.57 Å². The summed E-state index contributed by atoms with van der Waals surface area (Å²) in [5.41, 5.74) is 4.52. The third kappa shape index (κ3) is 4.61. The molecule has 3 nitrogen and oxygen atoms in total. The van der Waals surface area contributed by atoms with Crippen LogP contribution in [0.1, 0.15) is 30.9 Å². The zero-order valence-corrected chi connectivity index (χ0v) is 18.3. The third-order valence-electron chi connectivity index (χ3n) is 5.47. The van der Waals surface area contributed by atoms with Gasteiger partial charge in [-0.1, -0.05) is 80.1 Å². The highest BCUT2D eigenvalue weighted by Gasteiger charge is 2.24. The molecule has 0 atom stereocenters. The quantitative estimate of drug-likeness (QED) is 0.275. The van der Waals surface area contributed by atoms with Crippen LogP contribution in [-0.4, -0.2) is 10.8 Å². The molecule has 3 aromatic carbocycles. The summed E-state index contributed by atoms with van der Waals surface area (Å²) in [6, 6.07) is 25.7. The number of hydrogen-bond acceptors (Lipinski definition) is 2. The van der Waals surface area contributed by atoms with E-state index in [0.29, 0.717) is 23.5 Å². The molecule has 0 aliphatic heterocycles. The average Bonchev–Trinajstić information content (AvgIpc) is 3.17. The van der Waals surface area contributed by atoms with Gasteiger partial charge in [0.05, 0.1) is 5.69 Å². The molecular weight excluding hydrogens is 416 g/mol. The summed E-state index contributed by atoms with van der Waals surface area (Å²) in [4.78, 5) is 4.63. The highest BCUT2D eigenvalue weighted by Crippen LogP contribution is 2.42. The second-order valence-electron chi connectivity index (χ2n) is 7.70. The SMILES string of the molecule is CCCCn1c(N=Cc2ccc(F)c(F)c2)c(C#N)c(-c2ccccc2)c1-c1ccccc1. The molecular formula is C28H23F2N3. The van der Waals surface area contributed by atoms with Crippen LogP contribution in [-0.2, 0) is 6.54 Å². The number of nitrogens with zero attached hydrogens (tertiary/aromatic N) is 3. The van der Waals surface area contributed by atoms with Crippen LogP contribution in [0.25, 0.3) is 22.4 Å². The number of nitriles is 1. The zero-order chi connectivity index (χ0) is 23.2. The fraction of sp³-hybridized carbons (Fsp3) is 0.143. The average molecular weight is 440 g/mol. The lowest BCUT2D eigenvalue weighted by Gasteiger charge is -2.13. The summed E-state index contributed by atoms with van der Waals surface area (Å²) < 4.78 is 29.1. The largest absolute Gasteiger partial charge is 0.324 e. The van der Waals surface area contributed by atoms with Gasteiger partial charge < -0.3 is 4.57 Å². The van der Waals surface area contributed by atoms with E-state index in [-0.39, 0.29) is 0 Å². The molecule has 1 aromatic heterocycles. The van der Waals surface area contributed by atoms with Crippen molar-refractivity contribution in [3.63, 3.8) is 0 Å². The molecule has 33 heavy (non-hydrogen) atoms. The Morgan fingerprint density at radius 3 is 2.18 bits per heavy atom. The molecule has 1 heterocycles. The number of rotatable bonds is 7. The van der Waals surface area contributed by atoms with Crippen molar-refractivity contribution in [2.75, 3.05) is 0 Å². The zero-order valence-electron chi connectivity index (χ0n) is 18.3. The minimum Gasteiger partial charge on any atom is -0.324 e. The highest BCUT2D eigenvalue weighted by atomic mass is 19.2. The Balaban J connectivity index is 1.98. The van der Waals surface area contributed by atoms with Crippen molar-refractivity contribution >= 4 is 12.0 Å². The molecule has 0 radical (unpaired) electrons. The third-order valence-corrected chi connectivity index (χ3v) is 5.47. The number of hydrogen-bond donors (Lipinski definition) is 0. The molecule has 0 amide bonds. The first-order valence-corrected chi connectivity index (χ1v) is 10.9. The van der Waals surface area contributed by atoms with Gasteiger partial charge in [0.25, 0.3) is 0 Å². The van der Waals surface area contributed by atoms with Crippen LogP contribution in [0.2, 0.25) is 0 Å². The first-order valence-electron chi connectivity index (χ1n) is 10.9. The Hall–Kier alpha value is -4.04. The van der Waals surface area contributed by atoms with Gasteiger partial charge in [0, 0.05) is 18.3 Å². The lowest BCUT2D eigenvalue weighted by atomic mass is 9.98. The van der Waals surface area contributed by atoms with Gasteiger partial charge in [0.1, 0.15) is 11.6 Å². The maximum Gasteiger partial charge on any atom is 0.159 e. The summed E-state index contributed by atoms with van der Waals surface area (Å²) in [5, 5.41) is 10.2. The van der Waals surface area contributed by atoms with Gasteiger partial charge in [-0.05, 0) is 35.2 Å². The lowest BCUT2D eigenvalue weighted by Crippen LogP contribution is -2.01. The summed E-state index contributed by atoms with van der Waals surface area (Å²) in [6.07, 6.45) is 3.35. The van der Waals surface area contributed by atoms with Crippen LogP contribution in [0.3, 0.4) is 0 Å². The fourth-order valence-electron chi connectivity index (χ4n) is 3.89. The summed E-state index contributed by atoms with van der Waals surface area (Å²) in [6.45, 7) is 2.78. The normalized spacial score (nSPS) is 11.1. The first-order chi connectivity index (χ1) is 16.1. The van der Waals surface area contributed by atoms with Crippen LogP contribution >= 0.6 is 0 Å². The van der Waals surface area contributed by atoms with Crippen LogP contribution in [0.4, 0.5) is 14.6 Å².